The molecule has 2 aliphatic rings. The van der Waals surface area contributed by atoms with E-state index in [1.807, 2.05) is 0 Å². The maximum atomic E-state index is 6.63. The topological polar surface area (TPSA) is 26.0 Å². The largest absolute Gasteiger partial charge is 0.324 e. The molecule has 1 heterocycles. The molecule has 3 rings (SSSR count). The predicted molar refractivity (Wildman–Crippen MR) is 84.8 cm³/mol. The molecule has 0 saturated heterocycles. The van der Waals surface area contributed by atoms with E-state index in [0.29, 0.717) is 5.92 Å². The Labute approximate surface area is 130 Å². The molecule has 4 heteroatoms. The van der Waals surface area contributed by atoms with Crippen molar-refractivity contribution in [3.05, 3.63) is 19.2 Å². The maximum Gasteiger partial charge on any atom is 0.0758 e. The van der Waals surface area contributed by atoms with Crippen LogP contribution in [0.15, 0.2) is 13.6 Å². The van der Waals surface area contributed by atoms with Crippen LogP contribution in [0.3, 0.4) is 0 Å². The summed E-state index contributed by atoms with van der Waals surface area (Å²) in [7, 11) is 0. The first-order valence-corrected chi connectivity index (χ1v) is 9.27. The molecule has 0 radical (unpaired) electrons. The molecule has 1 atom stereocenters. The Morgan fingerprint density at radius 1 is 1.11 bits per heavy atom. The summed E-state index contributed by atoms with van der Waals surface area (Å²) in [6.07, 6.45) is 8.43. The molecule has 1 unspecified atom stereocenters. The fraction of sp³-hybridized carbons (Fsp3) is 0.714. The van der Waals surface area contributed by atoms with Gasteiger partial charge in [0.25, 0.3) is 0 Å². The number of rotatable bonds is 4. The molecule has 1 aromatic heterocycles. The quantitative estimate of drug-likeness (QED) is 0.720. The van der Waals surface area contributed by atoms with E-state index in [-0.39, 0.29) is 6.04 Å². The number of hydrogen-bond acceptors (Lipinski definition) is 2. The van der Waals surface area contributed by atoms with Crippen molar-refractivity contribution in [2.75, 3.05) is 0 Å². The van der Waals surface area contributed by atoms with Crippen molar-refractivity contribution in [2.45, 2.75) is 44.6 Å². The van der Waals surface area contributed by atoms with E-state index < -0.39 is 0 Å². The molecule has 0 bridgehead atoms. The number of halogens is 2. The van der Waals surface area contributed by atoms with Gasteiger partial charge in [0.2, 0.25) is 0 Å². The Balaban J connectivity index is 1.82. The van der Waals surface area contributed by atoms with Crippen LogP contribution >= 0.6 is 43.2 Å². The average molecular weight is 393 g/mol. The van der Waals surface area contributed by atoms with Crippen molar-refractivity contribution < 1.29 is 0 Å². The van der Waals surface area contributed by atoms with Gasteiger partial charge in [-0.3, -0.25) is 0 Å². The summed E-state index contributed by atoms with van der Waals surface area (Å²) in [5.74, 6) is 2.48. The van der Waals surface area contributed by atoms with E-state index >= 15 is 0 Å². The highest BCUT2D eigenvalue weighted by Gasteiger charge is 2.40. The molecule has 0 spiro atoms. The third-order valence-electron chi connectivity index (χ3n) is 4.85. The molecule has 2 N–H and O–H groups in total. The second kappa shape index (κ2) is 5.55. The predicted octanol–water partition coefficient (Wildman–Crippen LogP) is 5.49. The van der Waals surface area contributed by atoms with Gasteiger partial charge >= 0.3 is 0 Å². The molecule has 2 fully saturated rings. The summed E-state index contributed by atoms with van der Waals surface area (Å²) in [6, 6.07) is 2.43. The number of thiophene rings is 1. The van der Waals surface area contributed by atoms with E-state index in [0.717, 1.165) is 11.8 Å². The highest BCUT2D eigenvalue weighted by Crippen LogP contribution is 2.50. The minimum Gasteiger partial charge on any atom is -0.324 e. The van der Waals surface area contributed by atoms with E-state index in [4.69, 9.17) is 5.73 Å². The minimum absolute atomic E-state index is 0.220. The van der Waals surface area contributed by atoms with Crippen LogP contribution in [0, 0.1) is 17.8 Å². The standard InChI is InChI=1S/C14H19Br2NS/c15-11-7-10(14(16)18-11)13(17)12(8-3-1-4-8)9-5-2-6-9/h7-9,12-13H,1-6,17H2. The van der Waals surface area contributed by atoms with E-state index in [1.165, 1.54) is 51.7 Å². The van der Waals surface area contributed by atoms with Crippen LogP contribution in [0.1, 0.15) is 50.1 Å². The first kappa shape index (κ1) is 13.6. The zero-order chi connectivity index (χ0) is 12.7. The smallest absolute Gasteiger partial charge is 0.0758 e. The van der Waals surface area contributed by atoms with Crippen LogP contribution in [0.4, 0.5) is 0 Å². The lowest BCUT2D eigenvalue weighted by molar-refractivity contribution is 0.0712. The molecule has 1 nitrogen and oxygen atoms in total. The van der Waals surface area contributed by atoms with Gasteiger partial charge in [-0.25, -0.2) is 0 Å². The lowest BCUT2D eigenvalue weighted by atomic mass is 9.61. The maximum absolute atomic E-state index is 6.63. The highest BCUT2D eigenvalue weighted by atomic mass is 79.9. The van der Waals surface area contributed by atoms with E-state index in [9.17, 15) is 0 Å². The minimum atomic E-state index is 0.220. The van der Waals surface area contributed by atoms with Crippen molar-refractivity contribution >= 4 is 43.2 Å². The first-order chi connectivity index (χ1) is 8.66. The van der Waals surface area contributed by atoms with Crippen molar-refractivity contribution in [1.29, 1.82) is 0 Å². The zero-order valence-electron chi connectivity index (χ0n) is 10.4. The van der Waals surface area contributed by atoms with Crippen LogP contribution in [-0.2, 0) is 0 Å². The van der Waals surface area contributed by atoms with Gasteiger partial charge in [-0.1, -0.05) is 38.5 Å². The van der Waals surface area contributed by atoms with Gasteiger partial charge in [0.05, 0.1) is 7.57 Å². The molecule has 1 aromatic rings. The lowest BCUT2D eigenvalue weighted by Gasteiger charge is -2.45. The Morgan fingerprint density at radius 3 is 2.00 bits per heavy atom. The van der Waals surface area contributed by atoms with Crippen molar-refractivity contribution in [1.82, 2.24) is 0 Å². The molecular formula is C14H19Br2NS. The van der Waals surface area contributed by atoms with Gasteiger partial charge in [0, 0.05) is 6.04 Å². The SMILES string of the molecule is NC(c1cc(Br)sc1Br)C(C1CCC1)C1CCC1. The average Bonchev–Trinajstić information content (AvgIpc) is 2.50. The van der Waals surface area contributed by atoms with Gasteiger partial charge < -0.3 is 5.73 Å². The molecular weight excluding hydrogens is 374 g/mol. The van der Waals surface area contributed by atoms with Gasteiger partial charge in [-0.2, -0.15) is 0 Å². The Bertz CT molecular complexity index is 409. The second-order valence-corrected chi connectivity index (χ2v) is 9.51. The zero-order valence-corrected chi connectivity index (χ0v) is 14.4. The summed E-state index contributed by atoms with van der Waals surface area (Å²) in [4.78, 5) is 0. The molecule has 100 valence electrons. The Kier molecular flexibility index (Phi) is 4.19. The fourth-order valence-corrected chi connectivity index (χ4v) is 6.36. The number of nitrogens with two attached hydrogens (primary N) is 1. The van der Waals surface area contributed by atoms with Crippen molar-refractivity contribution in [2.24, 2.45) is 23.5 Å². The summed E-state index contributed by atoms with van der Waals surface area (Å²) in [6.45, 7) is 0. The fourth-order valence-electron chi connectivity index (χ4n) is 3.41. The van der Waals surface area contributed by atoms with E-state index in [1.54, 1.807) is 11.3 Å². The second-order valence-electron chi connectivity index (χ2n) is 5.76. The van der Waals surface area contributed by atoms with Crippen LogP contribution in [-0.4, -0.2) is 0 Å². The lowest BCUT2D eigenvalue weighted by Crippen LogP contribution is -2.39. The number of hydrogen-bond donors (Lipinski definition) is 1. The normalized spacial score (nSPS) is 22.9. The molecule has 0 aromatic carbocycles. The van der Waals surface area contributed by atoms with Crippen molar-refractivity contribution in [3.63, 3.8) is 0 Å². The molecule has 0 amide bonds. The highest BCUT2D eigenvalue weighted by molar-refractivity contribution is 9.12. The Morgan fingerprint density at radius 2 is 1.67 bits per heavy atom. The molecule has 18 heavy (non-hydrogen) atoms. The van der Waals surface area contributed by atoms with Crippen LogP contribution in [0.25, 0.3) is 0 Å². The monoisotopic (exact) mass is 391 g/mol. The first-order valence-electron chi connectivity index (χ1n) is 6.87. The third-order valence-corrected chi connectivity index (χ3v) is 7.23. The third kappa shape index (κ3) is 2.46. The van der Waals surface area contributed by atoms with Gasteiger partial charge in [0.15, 0.2) is 0 Å². The summed E-state index contributed by atoms with van der Waals surface area (Å²) in [5, 5.41) is 0. The summed E-state index contributed by atoms with van der Waals surface area (Å²) in [5.41, 5.74) is 7.95. The van der Waals surface area contributed by atoms with Crippen LogP contribution in [0.5, 0.6) is 0 Å². The van der Waals surface area contributed by atoms with Gasteiger partial charge in [-0.15, -0.1) is 11.3 Å². The molecule has 2 aliphatic carbocycles. The van der Waals surface area contributed by atoms with Crippen LogP contribution in [0.2, 0.25) is 0 Å². The van der Waals surface area contributed by atoms with Crippen molar-refractivity contribution in [3.8, 4) is 0 Å². The van der Waals surface area contributed by atoms with Crippen LogP contribution < -0.4 is 5.73 Å². The molecule has 0 aliphatic heterocycles. The van der Waals surface area contributed by atoms with E-state index in [2.05, 4.69) is 37.9 Å². The Hall–Kier alpha value is 0.620. The molecule has 2 saturated carbocycles. The summed E-state index contributed by atoms with van der Waals surface area (Å²) >= 11 is 8.99. The van der Waals surface area contributed by atoms with Gasteiger partial charge in [-0.05, 0) is 61.2 Å². The van der Waals surface area contributed by atoms with Gasteiger partial charge in [0.1, 0.15) is 0 Å². The summed E-state index contributed by atoms with van der Waals surface area (Å²) < 4.78 is 2.39.